The molecule has 2 saturated heterocycles. The Morgan fingerprint density at radius 1 is 0.410 bits per heavy atom. The quantitative estimate of drug-likeness (QED) is 0.0143. The Kier molecular flexibility index (Phi) is 54.4. The minimum atomic E-state index is -3.74. The summed E-state index contributed by atoms with van der Waals surface area (Å²) in [5.41, 5.74) is 14.8. The molecule has 6 aromatic carbocycles. The lowest BCUT2D eigenvalue weighted by atomic mass is 9.85. The molecule has 2 fully saturated rings. The molecular formula is C92H125Cl6N9O29S3. The number of sulfonamides is 2. The summed E-state index contributed by atoms with van der Waals surface area (Å²) in [6.07, 6.45) is -5.94. The number of rotatable bonds is 50. The molecule has 5 aliphatic rings. The number of sulfone groups is 1. The number of carboxylic acids is 2. The van der Waals surface area contributed by atoms with E-state index in [0.717, 1.165) is 82.8 Å². The molecule has 0 bridgehead atoms. The van der Waals surface area contributed by atoms with Gasteiger partial charge in [0.1, 0.15) is 6.10 Å². The number of halogens is 6. The molecule has 5 amide bonds. The number of hydrogen-bond acceptors (Lipinski definition) is 31. The number of ether oxygens (including phenoxy) is 9. The van der Waals surface area contributed by atoms with Crippen LogP contribution in [0, 0.1) is 0 Å². The SMILES string of the molecule is CCOCCCS(=O)(=O)c1ccc([C@@H]2CN(C)Cc3c(Cl)cc(Cl)cc32)cc1.CCOCCOCCCC(=O)C(O)C(O)C(=O)NCCOCCOCCOCCNS(=O)(=O)c1ccc([C@@H]2CN(C)Cc3c(Cl)cc(Cl)cc32)cc1.CN1Cc2c(Cl)cc(Cl)cc2[C@H](c2ccc(S(=O)(=O)NCCOCCOCCOCCN)cc2)C1.O=C(O)C(O)C(O)C(=O)O.O=C1CCC(=O)N1.O=C1CCC(=O)N1. The van der Waals surface area contributed by atoms with Crippen LogP contribution in [0.25, 0.3) is 0 Å². The summed E-state index contributed by atoms with van der Waals surface area (Å²) in [4.78, 5) is 91.4. The molecular weight excluding hydrogens is 2000 g/mol. The fourth-order valence-electron chi connectivity index (χ4n) is 14.3. The second kappa shape index (κ2) is 62.9. The maximum atomic E-state index is 12.8. The Labute approximate surface area is 840 Å². The van der Waals surface area contributed by atoms with Crippen molar-refractivity contribution in [2.75, 3.05) is 192 Å². The zero-order valence-corrected chi connectivity index (χ0v) is 84.9. The number of nitrogens with two attached hydrogens (primary N) is 1. The number of likely N-dealkylation sites (N-methyl/N-ethyl adjacent to an activating group) is 3. The molecule has 7 atom stereocenters. The van der Waals surface area contributed by atoms with Crippen molar-refractivity contribution in [1.82, 2.24) is 40.1 Å². The summed E-state index contributed by atoms with van der Waals surface area (Å²) >= 11 is 38.1. The molecule has 11 rings (SSSR count). The van der Waals surface area contributed by atoms with Crippen LogP contribution >= 0.6 is 69.6 Å². The number of hydrogen-bond donors (Lipinski definition) is 12. The standard InChI is InChI=1S/C35H51Cl2N3O11S.C24H33Cl2N3O5S.C21H25Cl2NO3S.2C4H5NO2.C4H6O6/c1-3-47-15-16-48-12-4-5-32(41)33(42)34(43)35(44)38-10-13-49-17-19-51-20-18-50-14-11-39-52(45,46)27-8-6-25(7-9-27)29-23-40(2)24-30-28(29)21-26(36)22-31(30)37;1-29-16-22(21-14-19(25)15-24(26)23(21)17-29)18-2-4-20(5-3-18)35(30,31)28-7-9-33-11-13-34-12-10-32-8-6-27;1-3-27-9-4-10-28(25,26)17-7-5-15(6-8-17)19-13-24(2)14-20-18(19)11-16(22)12-21(20)23;2*6-3-1-2-4(7)5-3;5-1(3(7)8)2(6)4(9)10/h6-9,21-22,29,33-34,39,42-43H,3-5,10-20,23-24H2,1-2H3,(H,38,44);2-5,14-15,22,28H,6-13,16-17,27H2,1H3;5-8,11-12,19H,3-4,9-10,13-14H2,1-2H3;2*1-2H2,(H,5,6,7);1-2,5-6H,(H,7,8)(H,9,10)/t29-,33?,34?;22-;19-;;;/m000.../s1. The van der Waals surface area contributed by atoms with E-state index in [1.807, 2.05) is 82.5 Å². The van der Waals surface area contributed by atoms with Gasteiger partial charge in [-0.1, -0.05) is 106 Å². The molecule has 47 heteroatoms. The van der Waals surface area contributed by atoms with Gasteiger partial charge in [-0.2, -0.15) is 0 Å². The molecule has 5 heterocycles. The van der Waals surface area contributed by atoms with E-state index in [1.54, 1.807) is 54.6 Å². The molecule has 0 spiro atoms. The molecule has 0 aromatic heterocycles. The van der Waals surface area contributed by atoms with E-state index in [2.05, 4.69) is 47.1 Å². The maximum Gasteiger partial charge on any atom is 0.335 e. The molecule has 4 unspecified atom stereocenters. The van der Waals surface area contributed by atoms with Gasteiger partial charge in [0.2, 0.25) is 43.7 Å². The largest absolute Gasteiger partial charge is 0.479 e. The van der Waals surface area contributed by atoms with Crippen LogP contribution < -0.4 is 31.1 Å². The van der Waals surface area contributed by atoms with Crippen molar-refractivity contribution >= 4 is 147 Å². The van der Waals surface area contributed by atoms with E-state index in [-0.39, 0.29) is 129 Å². The number of imide groups is 2. The van der Waals surface area contributed by atoms with Crippen molar-refractivity contribution in [2.24, 2.45) is 5.73 Å². The first-order valence-corrected chi connectivity index (χ1v) is 51.5. The first-order chi connectivity index (χ1) is 66.1. The molecule has 0 saturated carbocycles. The second-order valence-corrected chi connectivity index (χ2v) is 40.2. The number of nitrogens with one attached hydrogen (secondary N) is 5. The van der Waals surface area contributed by atoms with Gasteiger partial charge in [0.05, 0.1) is 113 Å². The number of nitrogens with zero attached hydrogens (tertiary/aromatic N) is 3. The Morgan fingerprint density at radius 3 is 1.04 bits per heavy atom. The number of aliphatic carboxylic acids is 2. The molecule has 38 nitrogen and oxygen atoms in total. The van der Waals surface area contributed by atoms with Gasteiger partial charge in [-0.05, 0) is 171 Å². The highest BCUT2D eigenvalue weighted by Crippen LogP contribution is 2.42. The third-order valence-electron chi connectivity index (χ3n) is 21.3. The molecule has 0 aliphatic carbocycles. The van der Waals surface area contributed by atoms with E-state index >= 15 is 0 Å². The van der Waals surface area contributed by atoms with Gasteiger partial charge in [-0.3, -0.25) is 39.4 Å². The molecule has 139 heavy (non-hydrogen) atoms. The first kappa shape index (κ1) is 120. The fourth-order valence-corrected chi connectivity index (χ4v) is 19.3. The van der Waals surface area contributed by atoms with E-state index in [1.165, 1.54) is 0 Å². The average Bonchev–Trinajstić information content (AvgIpc) is 1.39. The lowest BCUT2D eigenvalue weighted by Gasteiger charge is -2.33. The van der Waals surface area contributed by atoms with Crippen molar-refractivity contribution in [3.05, 3.63) is 189 Å². The van der Waals surface area contributed by atoms with Crippen molar-refractivity contribution in [3.8, 4) is 0 Å². The van der Waals surface area contributed by atoms with Crippen molar-refractivity contribution in [2.45, 2.75) is 135 Å². The predicted octanol–water partition coefficient (Wildman–Crippen LogP) is 6.49. The summed E-state index contributed by atoms with van der Waals surface area (Å²) in [7, 11) is -4.58. The number of carbonyl (C=O) groups excluding carboxylic acids is 6. The average molecular weight is 2130 g/mol. The molecule has 13 N–H and O–H groups in total. The highest BCUT2D eigenvalue weighted by Gasteiger charge is 2.35. The van der Waals surface area contributed by atoms with Crippen LogP contribution in [0.4, 0.5) is 0 Å². The number of aliphatic hydroxyl groups is 4. The smallest absolute Gasteiger partial charge is 0.335 e. The van der Waals surface area contributed by atoms with E-state index in [0.29, 0.717) is 159 Å². The van der Waals surface area contributed by atoms with Crippen molar-refractivity contribution in [1.29, 1.82) is 0 Å². The van der Waals surface area contributed by atoms with Crippen LogP contribution in [0.3, 0.4) is 0 Å². The Morgan fingerprint density at radius 2 is 0.712 bits per heavy atom. The lowest BCUT2D eigenvalue weighted by molar-refractivity contribution is -0.165. The monoisotopic (exact) mass is 2130 g/mol. The van der Waals surface area contributed by atoms with E-state index in [4.69, 9.17) is 138 Å². The van der Waals surface area contributed by atoms with Gasteiger partial charge in [0.15, 0.2) is 33.9 Å². The summed E-state index contributed by atoms with van der Waals surface area (Å²) in [6, 6.07) is 32.1. The third kappa shape index (κ3) is 42.4. The van der Waals surface area contributed by atoms with Crippen molar-refractivity contribution in [3.63, 3.8) is 0 Å². The van der Waals surface area contributed by atoms with Crippen LogP contribution in [0.2, 0.25) is 30.1 Å². The van der Waals surface area contributed by atoms with Gasteiger partial charge in [0, 0.05) is 172 Å². The lowest BCUT2D eigenvalue weighted by Crippen LogP contribution is -2.46. The van der Waals surface area contributed by atoms with Crippen LogP contribution in [-0.2, 0) is 131 Å². The number of aliphatic hydroxyl groups excluding tert-OH is 4. The van der Waals surface area contributed by atoms with Gasteiger partial charge >= 0.3 is 11.9 Å². The fraction of sp³-hybridized carbons (Fsp3) is 0.522. The zero-order chi connectivity index (χ0) is 102. The molecule has 0 radical (unpaired) electrons. The van der Waals surface area contributed by atoms with Crippen LogP contribution in [0.5, 0.6) is 0 Å². The van der Waals surface area contributed by atoms with E-state index in [9.17, 15) is 73.8 Å². The molecule has 5 aliphatic heterocycles. The van der Waals surface area contributed by atoms with Gasteiger partial charge in [-0.15, -0.1) is 0 Å². The summed E-state index contributed by atoms with van der Waals surface area (Å²) in [6.45, 7) is 15.7. The van der Waals surface area contributed by atoms with Crippen LogP contribution in [0.1, 0.15) is 127 Å². The Bertz CT molecular complexity index is 5210. The summed E-state index contributed by atoms with van der Waals surface area (Å²) in [5.74, 6) is -5.42. The normalized spacial score (nSPS) is 16.8. The third-order valence-corrected chi connectivity index (χ3v) is 27.7. The maximum absolute atomic E-state index is 12.8. The zero-order valence-electron chi connectivity index (χ0n) is 77.9. The van der Waals surface area contributed by atoms with Gasteiger partial charge in [0.25, 0.3) is 5.91 Å². The van der Waals surface area contributed by atoms with Gasteiger partial charge in [-0.25, -0.2) is 44.3 Å². The number of amides is 5. The highest BCUT2D eigenvalue weighted by molar-refractivity contribution is 7.91. The Hall–Kier alpha value is -7.49. The minimum Gasteiger partial charge on any atom is -0.479 e. The summed E-state index contributed by atoms with van der Waals surface area (Å²) < 4.78 is 129. The Balaban J connectivity index is 0.000000293. The number of Topliss-reactive ketones (excluding diaryl/α,β-unsaturated/α-hetero) is 1. The minimum absolute atomic E-state index is 0.00274. The van der Waals surface area contributed by atoms with Crippen LogP contribution in [0.15, 0.2) is 124 Å². The van der Waals surface area contributed by atoms with Crippen LogP contribution in [-0.4, -0.2) is 334 Å². The van der Waals surface area contributed by atoms with Gasteiger partial charge < -0.3 is 99.0 Å². The number of carbonyl (C=O) groups is 8. The number of benzene rings is 6. The topological polar surface area (TPSA) is 539 Å². The highest BCUT2D eigenvalue weighted by atomic mass is 35.5. The number of carboxylic acid groups (broad SMARTS) is 2. The van der Waals surface area contributed by atoms with Crippen molar-refractivity contribution < 1.29 is 137 Å². The number of fused-ring (bicyclic) bond motifs is 3. The molecule has 6 aromatic rings. The predicted molar refractivity (Wildman–Crippen MR) is 519 cm³/mol. The summed E-state index contributed by atoms with van der Waals surface area (Å²) in [5, 5.41) is 62.9. The molecule has 772 valence electrons. The van der Waals surface area contributed by atoms with E-state index < -0.39 is 77.9 Å². The number of ketones is 1. The first-order valence-electron chi connectivity index (χ1n) is 44.7. The second-order valence-electron chi connectivity index (χ2n) is 32.0.